The second-order valence-electron chi connectivity index (χ2n) is 6.73. The van der Waals surface area contributed by atoms with E-state index >= 15 is 0 Å². The Morgan fingerprint density at radius 2 is 1.85 bits per heavy atom. The lowest BCUT2D eigenvalue weighted by molar-refractivity contribution is 0.0535. The van der Waals surface area contributed by atoms with Gasteiger partial charge in [0.15, 0.2) is 11.5 Å². The van der Waals surface area contributed by atoms with Crippen molar-refractivity contribution in [3.63, 3.8) is 0 Å². The molecule has 1 saturated carbocycles. The van der Waals surface area contributed by atoms with Gasteiger partial charge in [-0.1, -0.05) is 12.5 Å². The van der Waals surface area contributed by atoms with Crippen molar-refractivity contribution < 1.29 is 23.7 Å². The number of hydrogen-bond donors (Lipinski definition) is 0. The minimum Gasteiger partial charge on any atom is -0.493 e. The summed E-state index contributed by atoms with van der Waals surface area (Å²) in [6, 6.07) is 9.56. The van der Waals surface area contributed by atoms with Gasteiger partial charge in [0.2, 0.25) is 5.75 Å². The molecule has 2 aliphatic rings. The molecule has 2 aromatic carbocycles. The van der Waals surface area contributed by atoms with Crippen LogP contribution in [0.2, 0.25) is 0 Å². The van der Waals surface area contributed by atoms with Gasteiger partial charge in [0.05, 0.1) is 26.4 Å². The molecule has 0 unspecified atom stereocenters. The quantitative estimate of drug-likeness (QED) is 0.727. The summed E-state index contributed by atoms with van der Waals surface area (Å²) in [6.45, 7) is 0.983. The molecule has 0 radical (unpaired) electrons. The maximum atomic E-state index is 11.7. The Hall–Kier alpha value is -2.69. The molecule has 0 aromatic heterocycles. The second kappa shape index (κ2) is 6.90. The number of fused-ring (bicyclic) bond motifs is 1. The predicted molar refractivity (Wildman–Crippen MR) is 96.9 cm³/mol. The van der Waals surface area contributed by atoms with Crippen LogP contribution in [-0.4, -0.2) is 26.8 Å². The van der Waals surface area contributed by atoms with Crippen LogP contribution < -0.4 is 14.2 Å². The van der Waals surface area contributed by atoms with Gasteiger partial charge in [-0.3, -0.25) is 0 Å². The molecule has 5 nitrogen and oxygen atoms in total. The zero-order valence-corrected chi connectivity index (χ0v) is 15.0. The first-order valence-electron chi connectivity index (χ1n) is 8.89. The van der Waals surface area contributed by atoms with Crippen molar-refractivity contribution in [3.05, 3.63) is 41.5 Å². The van der Waals surface area contributed by atoms with Crippen molar-refractivity contribution in [1.82, 2.24) is 0 Å². The van der Waals surface area contributed by atoms with E-state index in [-0.39, 0.29) is 5.97 Å². The normalized spacial score (nSPS) is 15.8. The van der Waals surface area contributed by atoms with Crippen LogP contribution in [0.15, 0.2) is 30.3 Å². The Morgan fingerprint density at radius 1 is 1.04 bits per heavy atom. The highest BCUT2D eigenvalue weighted by molar-refractivity contribution is 5.94. The molecule has 5 heteroatoms. The number of cyclic esters (lactones) is 1. The molecule has 136 valence electrons. The van der Waals surface area contributed by atoms with Crippen LogP contribution >= 0.6 is 0 Å². The number of benzene rings is 2. The number of esters is 1. The molecule has 1 fully saturated rings. The van der Waals surface area contributed by atoms with Crippen molar-refractivity contribution in [2.75, 3.05) is 20.8 Å². The molecular weight excluding hydrogens is 332 g/mol. The van der Waals surface area contributed by atoms with Gasteiger partial charge >= 0.3 is 5.97 Å². The summed E-state index contributed by atoms with van der Waals surface area (Å²) in [7, 11) is 3.23. The summed E-state index contributed by atoms with van der Waals surface area (Å²) in [5, 5.41) is 0. The van der Waals surface area contributed by atoms with Gasteiger partial charge in [-0.2, -0.15) is 0 Å². The van der Waals surface area contributed by atoms with E-state index in [1.54, 1.807) is 14.2 Å². The van der Waals surface area contributed by atoms with E-state index in [4.69, 9.17) is 18.9 Å². The van der Waals surface area contributed by atoms with E-state index in [1.165, 1.54) is 19.3 Å². The lowest BCUT2D eigenvalue weighted by Crippen LogP contribution is -2.19. The van der Waals surface area contributed by atoms with Crippen LogP contribution in [0.4, 0.5) is 0 Å². The van der Waals surface area contributed by atoms with Crippen molar-refractivity contribution >= 4 is 5.97 Å². The average molecular weight is 354 g/mol. The molecule has 1 aliphatic carbocycles. The number of methoxy groups -OCH3 is 2. The maximum Gasteiger partial charge on any atom is 0.338 e. The third kappa shape index (κ3) is 2.87. The lowest BCUT2D eigenvalue weighted by atomic mass is 9.86. The smallest absolute Gasteiger partial charge is 0.338 e. The van der Waals surface area contributed by atoms with Gasteiger partial charge in [-0.25, -0.2) is 4.79 Å². The zero-order chi connectivity index (χ0) is 18.1. The number of hydrogen-bond acceptors (Lipinski definition) is 5. The van der Waals surface area contributed by atoms with Crippen molar-refractivity contribution in [3.8, 4) is 28.4 Å². The second-order valence-corrected chi connectivity index (χ2v) is 6.73. The van der Waals surface area contributed by atoms with Gasteiger partial charge in [-0.05, 0) is 48.6 Å². The highest BCUT2D eigenvalue weighted by Gasteiger charge is 2.25. The van der Waals surface area contributed by atoms with Crippen molar-refractivity contribution in [1.29, 1.82) is 0 Å². The average Bonchev–Trinajstić information content (AvgIpc) is 3.00. The minimum atomic E-state index is -0.264. The summed E-state index contributed by atoms with van der Waals surface area (Å²) in [5.41, 5.74) is 3.41. The first kappa shape index (κ1) is 16.8. The highest BCUT2D eigenvalue weighted by Crippen LogP contribution is 2.45. The van der Waals surface area contributed by atoms with Crippen LogP contribution in [0.1, 0.15) is 35.2 Å². The van der Waals surface area contributed by atoms with Crippen LogP contribution in [0, 0.1) is 5.92 Å². The van der Waals surface area contributed by atoms with Crippen molar-refractivity contribution in [2.24, 2.45) is 5.92 Å². The van der Waals surface area contributed by atoms with Gasteiger partial charge in [0.25, 0.3) is 0 Å². The molecule has 2 aromatic rings. The Balaban J connectivity index is 1.75. The Labute approximate surface area is 152 Å². The van der Waals surface area contributed by atoms with Gasteiger partial charge < -0.3 is 18.9 Å². The number of carbonyl (C=O) groups excluding carboxylic acids is 1. The summed E-state index contributed by atoms with van der Waals surface area (Å²) < 4.78 is 22.3. The van der Waals surface area contributed by atoms with Gasteiger partial charge in [0.1, 0.15) is 6.61 Å². The van der Waals surface area contributed by atoms with Gasteiger partial charge in [0, 0.05) is 11.1 Å². The monoisotopic (exact) mass is 354 g/mol. The zero-order valence-electron chi connectivity index (χ0n) is 15.0. The third-order valence-electron chi connectivity index (χ3n) is 5.18. The molecule has 0 saturated heterocycles. The number of rotatable bonds is 6. The molecule has 0 amide bonds. The molecule has 0 spiro atoms. The molecule has 0 atom stereocenters. The van der Waals surface area contributed by atoms with E-state index in [2.05, 4.69) is 0 Å². The van der Waals surface area contributed by atoms with Crippen molar-refractivity contribution in [2.45, 2.75) is 25.9 Å². The largest absolute Gasteiger partial charge is 0.493 e. The Morgan fingerprint density at radius 3 is 2.54 bits per heavy atom. The molecule has 26 heavy (non-hydrogen) atoms. The fourth-order valence-electron chi connectivity index (χ4n) is 3.43. The van der Waals surface area contributed by atoms with E-state index in [0.717, 1.165) is 16.7 Å². The molecule has 1 aliphatic heterocycles. The summed E-state index contributed by atoms with van der Waals surface area (Å²) in [4.78, 5) is 11.7. The lowest BCUT2D eigenvalue weighted by Gasteiger charge is -2.26. The van der Waals surface area contributed by atoms with E-state index in [0.29, 0.717) is 41.9 Å². The highest BCUT2D eigenvalue weighted by atomic mass is 16.5. The summed E-state index contributed by atoms with van der Waals surface area (Å²) >= 11 is 0. The maximum absolute atomic E-state index is 11.7. The molecule has 1 heterocycles. The van der Waals surface area contributed by atoms with Crippen LogP contribution in [0.3, 0.4) is 0 Å². The standard InChI is InChI=1S/C21H22O5/c1-23-18-9-8-16(14-6-7-17-15(10-14)12-26-21(17)22)19(20(18)24-2)25-11-13-4-3-5-13/h6-10,13H,3-5,11-12H2,1-2H3. The van der Waals surface area contributed by atoms with Crippen LogP contribution in [0.5, 0.6) is 17.2 Å². The summed E-state index contributed by atoms with van der Waals surface area (Å²) in [5.74, 6) is 2.26. The van der Waals surface area contributed by atoms with Crippen LogP contribution in [-0.2, 0) is 11.3 Å². The molecule has 0 N–H and O–H groups in total. The summed E-state index contributed by atoms with van der Waals surface area (Å²) in [6.07, 6.45) is 3.69. The van der Waals surface area contributed by atoms with E-state index < -0.39 is 0 Å². The molecule has 4 rings (SSSR count). The predicted octanol–water partition coefficient (Wildman–Crippen LogP) is 4.22. The first-order chi connectivity index (χ1) is 12.7. The minimum absolute atomic E-state index is 0.264. The number of carbonyl (C=O) groups is 1. The van der Waals surface area contributed by atoms with Gasteiger partial charge in [-0.15, -0.1) is 0 Å². The molecule has 0 bridgehead atoms. The topological polar surface area (TPSA) is 54.0 Å². The van der Waals surface area contributed by atoms with E-state index in [1.807, 2.05) is 30.3 Å². The fourth-order valence-corrected chi connectivity index (χ4v) is 3.43. The number of ether oxygens (including phenoxy) is 4. The SMILES string of the molecule is COc1ccc(-c2ccc3c(c2)COC3=O)c(OCC2CCC2)c1OC. The third-order valence-corrected chi connectivity index (χ3v) is 5.18. The molecular formula is C21H22O5. The van der Waals surface area contributed by atoms with E-state index in [9.17, 15) is 4.79 Å². The first-order valence-corrected chi connectivity index (χ1v) is 8.89. The van der Waals surface area contributed by atoms with Crippen LogP contribution in [0.25, 0.3) is 11.1 Å². The Bertz CT molecular complexity index is 839. The Kier molecular flexibility index (Phi) is 4.45. The fraction of sp³-hybridized carbons (Fsp3) is 0.381.